The summed E-state index contributed by atoms with van der Waals surface area (Å²) in [6.07, 6.45) is 30.7. The second-order valence-corrected chi connectivity index (χ2v) is 8.82. The van der Waals surface area contributed by atoms with Gasteiger partial charge in [0, 0.05) is 13.3 Å². The van der Waals surface area contributed by atoms with Crippen molar-refractivity contribution in [2.75, 3.05) is 0 Å². The van der Waals surface area contributed by atoms with E-state index in [4.69, 9.17) is 0 Å². The first-order chi connectivity index (χ1) is 13.8. The zero-order valence-corrected chi connectivity index (χ0v) is 19.5. The highest BCUT2D eigenvalue weighted by Crippen LogP contribution is 2.22. The van der Waals surface area contributed by atoms with Gasteiger partial charge >= 0.3 is 0 Å². The van der Waals surface area contributed by atoms with Crippen molar-refractivity contribution in [3.05, 3.63) is 13.8 Å². The van der Waals surface area contributed by atoms with Crippen LogP contribution in [-0.4, -0.2) is 0 Å². The second-order valence-electron chi connectivity index (χ2n) is 8.82. The molecule has 0 amide bonds. The summed E-state index contributed by atoms with van der Waals surface area (Å²) >= 11 is 0. The molecule has 0 spiro atoms. The molecule has 0 aliphatic heterocycles. The number of hydrogen-bond donors (Lipinski definition) is 0. The van der Waals surface area contributed by atoms with Gasteiger partial charge in [-0.05, 0) is 12.3 Å². The lowest BCUT2D eigenvalue weighted by atomic mass is 9.92. The van der Waals surface area contributed by atoms with E-state index < -0.39 is 0 Å². The highest BCUT2D eigenvalue weighted by atomic mass is 14.1. The van der Waals surface area contributed by atoms with Gasteiger partial charge in [-0.1, -0.05) is 142 Å². The first kappa shape index (κ1) is 27.6. The van der Waals surface area contributed by atoms with Crippen molar-refractivity contribution < 1.29 is 0 Å². The predicted octanol–water partition coefficient (Wildman–Crippen LogP) is 9.88. The van der Waals surface area contributed by atoms with E-state index >= 15 is 0 Å². The minimum Gasteiger partial charge on any atom is -0.103 e. The smallest absolute Gasteiger partial charge is 0.0198 e. The molecule has 0 aliphatic rings. The van der Waals surface area contributed by atoms with Gasteiger partial charge in [0.2, 0.25) is 0 Å². The molecule has 0 N–H and O–H groups in total. The molecule has 0 aliphatic carbocycles. The largest absolute Gasteiger partial charge is 0.103 e. The molecule has 1 unspecified atom stereocenters. The summed E-state index contributed by atoms with van der Waals surface area (Å²) < 4.78 is 0. The maximum atomic E-state index is 3.92. The van der Waals surface area contributed by atoms with Crippen LogP contribution in [-0.2, 0) is 0 Å². The molecular formula is C28H52. The van der Waals surface area contributed by atoms with Gasteiger partial charge in [0.05, 0.1) is 0 Å². The molecule has 0 saturated carbocycles. The van der Waals surface area contributed by atoms with E-state index in [-0.39, 0.29) is 0 Å². The van der Waals surface area contributed by atoms with Crippen molar-refractivity contribution in [1.82, 2.24) is 0 Å². The standard InChI is InChI=1S/C28H52/c1-4-7-9-11-13-15-17-19-21-23-25-27-28(6-3)26-24-22-20-18-16-14-12-10-8-5-2/h28H,1-2,4,6-7,9-27H2,3H3. The second kappa shape index (κ2) is 24.6. The van der Waals surface area contributed by atoms with Crippen molar-refractivity contribution in [2.24, 2.45) is 5.92 Å². The van der Waals surface area contributed by atoms with Crippen molar-refractivity contribution in [3.63, 3.8) is 0 Å². The van der Waals surface area contributed by atoms with Crippen LogP contribution in [0, 0.1) is 31.6 Å². The average molecular weight is 389 g/mol. The molecule has 0 nitrogen and oxygen atoms in total. The maximum Gasteiger partial charge on any atom is 0.0198 e. The zero-order chi connectivity index (χ0) is 20.5. The number of rotatable bonds is 22. The molecule has 0 saturated heterocycles. The summed E-state index contributed by atoms with van der Waals surface area (Å²) in [4.78, 5) is 0. The number of unbranched alkanes of at least 4 members (excludes halogenated alkanes) is 17. The average Bonchev–Trinajstić information content (AvgIpc) is 2.71. The molecule has 0 heteroatoms. The Kier molecular flexibility index (Phi) is 24.2. The van der Waals surface area contributed by atoms with Crippen LogP contribution < -0.4 is 0 Å². The quantitative estimate of drug-likeness (QED) is 0.128. The molecule has 28 heavy (non-hydrogen) atoms. The molecule has 0 aromatic carbocycles. The third-order valence-corrected chi connectivity index (χ3v) is 6.23. The fourth-order valence-electron chi connectivity index (χ4n) is 4.20. The summed E-state index contributed by atoms with van der Waals surface area (Å²) in [7, 11) is 0. The van der Waals surface area contributed by atoms with Gasteiger partial charge in [0.25, 0.3) is 0 Å². The molecule has 0 bridgehead atoms. The molecule has 0 fully saturated rings. The highest BCUT2D eigenvalue weighted by Gasteiger charge is 2.06. The maximum absolute atomic E-state index is 3.92. The van der Waals surface area contributed by atoms with E-state index in [1.807, 2.05) is 0 Å². The van der Waals surface area contributed by atoms with Crippen molar-refractivity contribution >= 4 is 0 Å². The Balaban J connectivity index is 3.30. The van der Waals surface area contributed by atoms with E-state index in [2.05, 4.69) is 32.6 Å². The van der Waals surface area contributed by atoms with Gasteiger partial charge in [-0.25, -0.2) is 0 Å². The Morgan fingerprint density at radius 1 is 0.571 bits per heavy atom. The fraction of sp³-hybridized carbons (Fsp3) is 0.857. The lowest BCUT2D eigenvalue weighted by Crippen LogP contribution is -1.99. The molecule has 1 atom stereocenters. The summed E-state index contributed by atoms with van der Waals surface area (Å²) in [6.45, 7) is 9.87. The van der Waals surface area contributed by atoms with Crippen molar-refractivity contribution in [3.8, 4) is 11.8 Å². The van der Waals surface area contributed by atoms with Gasteiger partial charge in [0.1, 0.15) is 0 Å². The SMILES string of the molecule is [CH2]C#CCCCCCCCCCC(CC)CCCCCCCCCCCC[CH2]. The molecule has 164 valence electrons. The van der Waals surface area contributed by atoms with Crippen LogP contribution in [0.3, 0.4) is 0 Å². The molecule has 0 rings (SSSR count). The Labute approximate surface area is 180 Å². The Hall–Kier alpha value is -0.440. The summed E-state index contributed by atoms with van der Waals surface area (Å²) in [5, 5.41) is 0. The normalized spacial score (nSPS) is 12.0. The number of hydrogen-bond acceptors (Lipinski definition) is 0. The van der Waals surface area contributed by atoms with Crippen LogP contribution in [0.2, 0.25) is 0 Å². The minimum atomic E-state index is 0.995. The van der Waals surface area contributed by atoms with Crippen LogP contribution in [0.25, 0.3) is 0 Å². The molecule has 0 aromatic rings. The van der Waals surface area contributed by atoms with Gasteiger partial charge in [-0.2, -0.15) is 0 Å². The molecule has 0 heterocycles. The Morgan fingerprint density at radius 3 is 1.36 bits per heavy atom. The lowest BCUT2D eigenvalue weighted by molar-refractivity contribution is 0.392. The Morgan fingerprint density at radius 2 is 0.964 bits per heavy atom. The van der Waals surface area contributed by atoms with Crippen LogP contribution in [0.1, 0.15) is 148 Å². The third kappa shape index (κ3) is 21.9. The van der Waals surface area contributed by atoms with E-state index in [9.17, 15) is 0 Å². The van der Waals surface area contributed by atoms with E-state index in [1.54, 1.807) is 0 Å². The van der Waals surface area contributed by atoms with E-state index in [0.717, 1.165) is 18.8 Å². The zero-order valence-electron chi connectivity index (χ0n) is 19.5. The summed E-state index contributed by atoms with van der Waals surface area (Å²) in [5.74, 6) is 6.79. The third-order valence-electron chi connectivity index (χ3n) is 6.23. The Bertz CT molecular complexity index is 332. The van der Waals surface area contributed by atoms with Crippen LogP contribution in [0.15, 0.2) is 0 Å². The summed E-state index contributed by atoms with van der Waals surface area (Å²) in [6, 6.07) is 0. The molecule has 0 aromatic heterocycles. The van der Waals surface area contributed by atoms with Gasteiger partial charge in [0.15, 0.2) is 0 Å². The highest BCUT2D eigenvalue weighted by molar-refractivity contribution is 5.00. The first-order valence-corrected chi connectivity index (χ1v) is 12.9. The molecular weight excluding hydrogens is 336 g/mol. The predicted molar refractivity (Wildman–Crippen MR) is 129 cm³/mol. The van der Waals surface area contributed by atoms with E-state index in [0.29, 0.717) is 0 Å². The molecule has 2 radical (unpaired) electrons. The van der Waals surface area contributed by atoms with Gasteiger partial charge in [-0.3, -0.25) is 0 Å². The fourth-order valence-corrected chi connectivity index (χ4v) is 4.20. The van der Waals surface area contributed by atoms with Gasteiger partial charge in [-0.15, -0.1) is 11.8 Å². The van der Waals surface area contributed by atoms with Gasteiger partial charge < -0.3 is 0 Å². The summed E-state index contributed by atoms with van der Waals surface area (Å²) in [5.41, 5.74) is 0. The minimum absolute atomic E-state index is 0.995. The lowest BCUT2D eigenvalue weighted by Gasteiger charge is -2.14. The van der Waals surface area contributed by atoms with Crippen LogP contribution in [0.5, 0.6) is 0 Å². The first-order valence-electron chi connectivity index (χ1n) is 12.9. The topological polar surface area (TPSA) is 0 Å². The van der Waals surface area contributed by atoms with E-state index in [1.165, 1.54) is 128 Å². The van der Waals surface area contributed by atoms with Crippen LogP contribution in [0.4, 0.5) is 0 Å². The van der Waals surface area contributed by atoms with Crippen LogP contribution >= 0.6 is 0 Å². The van der Waals surface area contributed by atoms with Crippen molar-refractivity contribution in [2.45, 2.75) is 148 Å². The monoisotopic (exact) mass is 388 g/mol. The van der Waals surface area contributed by atoms with Crippen molar-refractivity contribution in [1.29, 1.82) is 0 Å².